The summed E-state index contributed by atoms with van der Waals surface area (Å²) in [7, 11) is 3.18. The third-order valence-electron chi connectivity index (χ3n) is 10.9. The van der Waals surface area contributed by atoms with Crippen LogP contribution in [0.4, 0.5) is 43.9 Å². The second kappa shape index (κ2) is 37.9. The zero-order valence-electron chi connectivity index (χ0n) is 48.6. The van der Waals surface area contributed by atoms with Gasteiger partial charge in [0.1, 0.15) is 11.6 Å². The highest BCUT2D eigenvalue weighted by atomic mass is 19.4. The number of rotatable bonds is 11. The maximum absolute atomic E-state index is 12.4. The average Bonchev–Trinajstić information content (AvgIpc) is 4.24. The lowest BCUT2D eigenvalue weighted by Gasteiger charge is -2.13. The molecule has 2 N–H and O–H groups in total. The van der Waals surface area contributed by atoms with Crippen LogP contribution in [0, 0.1) is 11.7 Å². The van der Waals surface area contributed by atoms with Gasteiger partial charge in [-0.3, -0.25) is 9.97 Å². The molecule has 1 atom stereocenters. The highest BCUT2D eigenvalue weighted by molar-refractivity contribution is 5.29. The van der Waals surface area contributed by atoms with E-state index in [1.165, 1.54) is 60.9 Å². The van der Waals surface area contributed by atoms with Crippen LogP contribution in [0.2, 0.25) is 0 Å². The number of ether oxygens (including phenoxy) is 3. The van der Waals surface area contributed by atoms with E-state index in [-0.39, 0.29) is 29.5 Å². The number of hydrogen-bond donors (Lipinski definition) is 2. The van der Waals surface area contributed by atoms with Crippen molar-refractivity contribution in [2.45, 2.75) is 156 Å². The number of methoxy groups -OCH3 is 2. The van der Waals surface area contributed by atoms with Crippen molar-refractivity contribution in [1.82, 2.24) is 9.97 Å². The van der Waals surface area contributed by atoms with Crippen LogP contribution in [0.1, 0.15) is 165 Å². The first-order valence-electron chi connectivity index (χ1n) is 26.2. The molecule has 0 aliphatic heterocycles. The fourth-order valence-electron chi connectivity index (χ4n) is 6.12. The fourth-order valence-corrected chi connectivity index (χ4v) is 6.12. The van der Waals surface area contributed by atoms with E-state index in [1.54, 1.807) is 40.2 Å². The molecular weight excluding hydrogens is 1050 g/mol. The number of benzene rings is 4. The largest absolute Gasteiger partial charge is 0.573 e. The molecule has 1 unspecified atom stereocenters. The minimum absolute atomic E-state index is 0.155. The number of nitrogens with zero attached hydrogens (tertiary/aromatic N) is 2. The molecule has 1 saturated carbocycles. The van der Waals surface area contributed by atoms with Gasteiger partial charge in [0.05, 0.1) is 36.0 Å². The molecule has 1 aliphatic rings. The average molecular weight is 1140 g/mol. The van der Waals surface area contributed by atoms with Gasteiger partial charge < -0.3 is 24.4 Å². The lowest BCUT2D eigenvalue weighted by atomic mass is 10.0. The van der Waals surface area contributed by atoms with Crippen molar-refractivity contribution in [3.8, 4) is 5.75 Å². The first kappa shape index (κ1) is 74.1. The van der Waals surface area contributed by atoms with Crippen LogP contribution in [0.3, 0.4) is 0 Å². The van der Waals surface area contributed by atoms with Crippen LogP contribution < -0.4 is 4.74 Å². The highest BCUT2D eigenvalue weighted by Crippen LogP contribution is 2.33. The molecule has 0 spiro atoms. The van der Waals surface area contributed by atoms with Crippen molar-refractivity contribution < 1.29 is 68.3 Å². The predicted octanol–water partition coefficient (Wildman–Crippen LogP) is 18.4. The lowest BCUT2D eigenvalue weighted by Crippen LogP contribution is -2.24. The molecule has 0 saturated heterocycles. The molecule has 80 heavy (non-hydrogen) atoms. The van der Waals surface area contributed by atoms with Gasteiger partial charge in [0, 0.05) is 38.0 Å². The molecule has 7 nitrogen and oxygen atoms in total. The normalized spacial score (nSPS) is 12.4. The monoisotopic (exact) mass is 1140 g/mol. The van der Waals surface area contributed by atoms with Gasteiger partial charge in [0.15, 0.2) is 0 Å². The maximum atomic E-state index is 12.4. The molecule has 4 aromatic carbocycles. The Morgan fingerprint density at radius 3 is 1.18 bits per heavy atom. The fraction of sp³-hybridized carbons (Fsp3) is 0.460. The molecule has 1 aliphatic carbocycles. The van der Waals surface area contributed by atoms with Gasteiger partial charge in [0.25, 0.3) is 0 Å². The Kier molecular flexibility index (Phi) is 35.2. The van der Waals surface area contributed by atoms with E-state index in [0.717, 1.165) is 41.2 Å². The van der Waals surface area contributed by atoms with Crippen molar-refractivity contribution >= 4 is 0 Å². The number of halogens is 10. The molecule has 17 heteroatoms. The molecule has 6 aromatic rings. The highest BCUT2D eigenvalue weighted by Gasteiger charge is 2.32. The Morgan fingerprint density at radius 2 is 0.900 bits per heavy atom. The van der Waals surface area contributed by atoms with E-state index in [9.17, 15) is 43.9 Å². The first-order chi connectivity index (χ1) is 37.1. The van der Waals surface area contributed by atoms with Crippen LogP contribution in [0.15, 0.2) is 152 Å². The number of aliphatic hydroxyl groups is 2. The third kappa shape index (κ3) is 37.1. The van der Waals surface area contributed by atoms with E-state index in [0.29, 0.717) is 42.6 Å². The van der Waals surface area contributed by atoms with Crippen molar-refractivity contribution in [2.24, 2.45) is 5.92 Å². The van der Waals surface area contributed by atoms with Crippen LogP contribution in [-0.2, 0) is 21.8 Å². The minimum Gasteiger partial charge on any atom is -0.406 e. The van der Waals surface area contributed by atoms with Gasteiger partial charge in [-0.15, -0.1) is 13.2 Å². The number of aliphatic hydroxyl groups excluding tert-OH is 1. The molecule has 0 radical (unpaired) electrons. The summed E-state index contributed by atoms with van der Waals surface area (Å²) in [4.78, 5) is 7.90. The zero-order chi connectivity index (χ0) is 61.3. The van der Waals surface area contributed by atoms with Crippen molar-refractivity contribution in [1.29, 1.82) is 0 Å². The quantitative estimate of drug-likeness (QED) is 0.125. The minimum atomic E-state index is -4.61. The Hall–Kier alpha value is -5.88. The summed E-state index contributed by atoms with van der Waals surface area (Å²) in [6.45, 7) is 24.4. The Balaban J connectivity index is 0.000000904. The first-order valence-corrected chi connectivity index (χ1v) is 26.2. The standard InChI is InChI=1S/C10H11F3O.C10H11F3.C9H10F3N.C9H11F.C8H11N.C6H12O2.C6H6.C5H12O2/c1-7(2)8-3-5-9(6-4-8)14-10(11,12)13;1-7(2)8-3-5-9(6-4-8)10(11,12)13;1-6(2)8-4-3-7(5-13-8)9(10,11)12;1-7(2)8-3-5-9(10)6-4-8;1-7(2)8-5-3-4-6-9-8;1-8-4-6(7)5-2-3-5;1-2-4-6-5-3-1;1-5(2,6)4-7-3/h3-7H,1-2H3;3-7H,1-2H3;3-6H,1-2H3;3-7H,1-2H3;3-7H,1-2H3;5-7H,2-4H2,1H3;1-6H;6H,4H2,1-3H3. The molecule has 0 bridgehead atoms. The summed E-state index contributed by atoms with van der Waals surface area (Å²) in [6.07, 6.45) is -8.25. The van der Waals surface area contributed by atoms with Crippen molar-refractivity contribution in [2.75, 3.05) is 27.4 Å². The van der Waals surface area contributed by atoms with Gasteiger partial charge in [-0.25, -0.2) is 4.39 Å². The van der Waals surface area contributed by atoms with Gasteiger partial charge in [0.2, 0.25) is 0 Å². The van der Waals surface area contributed by atoms with E-state index >= 15 is 0 Å². The van der Waals surface area contributed by atoms with Gasteiger partial charge in [-0.1, -0.05) is 148 Å². The second-order valence-electron chi connectivity index (χ2n) is 20.5. The lowest BCUT2D eigenvalue weighted by molar-refractivity contribution is -0.274. The van der Waals surface area contributed by atoms with E-state index in [1.807, 2.05) is 114 Å². The summed E-state index contributed by atoms with van der Waals surface area (Å²) in [5.41, 5.74) is 2.97. The molecule has 2 aromatic heterocycles. The molecule has 0 amide bonds. The van der Waals surface area contributed by atoms with Gasteiger partial charge >= 0.3 is 18.7 Å². The molecule has 2 heterocycles. The van der Waals surface area contributed by atoms with Crippen molar-refractivity contribution in [3.05, 3.63) is 197 Å². The Labute approximate surface area is 468 Å². The predicted molar refractivity (Wildman–Crippen MR) is 300 cm³/mol. The van der Waals surface area contributed by atoms with Crippen LogP contribution in [0.5, 0.6) is 5.75 Å². The summed E-state index contributed by atoms with van der Waals surface area (Å²) >= 11 is 0. The number of hydrogen-bond acceptors (Lipinski definition) is 7. The molecule has 7 rings (SSSR count). The number of aromatic nitrogens is 2. The summed E-state index contributed by atoms with van der Waals surface area (Å²) in [5, 5.41) is 18.0. The van der Waals surface area contributed by atoms with Crippen LogP contribution in [0.25, 0.3) is 0 Å². The van der Waals surface area contributed by atoms with E-state index < -0.39 is 35.4 Å². The van der Waals surface area contributed by atoms with Gasteiger partial charge in [-0.2, -0.15) is 26.3 Å². The van der Waals surface area contributed by atoms with Crippen LogP contribution >= 0.6 is 0 Å². The van der Waals surface area contributed by atoms with E-state index in [2.05, 4.69) is 47.1 Å². The zero-order valence-corrected chi connectivity index (χ0v) is 48.6. The van der Waals surface area contributed by atoms with Gasteiger partial charge in [-0.05, 0) is 140 Å². The maximum Gasteiger partial charge on any atom is 0.573 e. The summed E-state index contributed by atoms with van der Waals surface area (Å²) < 4.78 is 133. The molecule has 1 fully saturated rings. The van der Waals surface area contributed by atoms with Crippen LogP contribution in [-0.4, -0.2) is 65.7 Å². The summed E-state index contributed by atoms with van der Waals surface area (Å²) in [6, 6.07) is 38.3. The number of pyridine rings is 2. The topological polar surface area (TPSA) is 93.9 Å². The van der Waals surface area contributed by atoms with Crippen molar-refractivity contribution in [3.63, 3.8) is 0 Å². The SMILES string of the molecule is CC(C)c1ccc(C(F)(F)F)cc1.CC(C)c1ccc(C(F)(F)F)cn1.CC(C)c1ccc(F)cc1.CC(C)c1ccc(OC(F)(F)F)cc1.CC(C)c1ccccn1.COCC(C)(C)O.COCC(O)C1CC1.c1ccccc1. The summed E-state index contributed by atoms with van der Waals surface area (Å²) in [5.74, 6) is 1.97. The Bertz CT molecular complexity index is 2330. The van der Waals surface area contributed by atoms with E-state index in [4.69, 9.17) is 14.9 Å². The Morgan fingerprint density at radius 1 is 0.500 bits per heavy atom. The number of alkyl halides is 9. The smallest absolute Gasteiger partial charge is 0.406 e. The second-order valence-corrected chi connectivity index (χ2v) is 20.5. The molecular formula is C63H84F10N2O5. The molecule has 446 valence electrons. The third-order valence-corrected chi connectivity index (χ3v) is 10.9.